The van der Waals surface area contributed by atoms with Crippen LogP contribution in [0.4, 0.5) is 11.8 Å². The van der Waals surface area contributed by atoms with Crippen LogP contribution in [-0.2, 0) is 0 Å². The highest BCUT2D eigenvalue weighted by atomic mass is 16.3. The molecule has 18 heavy (non-hydrogen) atoms. The number of nitrogens with zero attached hydrogens (tertiary/aromatic N) is 2. The fourth-order valence-corrected chi connectivity index (χ4v) is 1.70. The van der Waals surface area contributed by atoms with Crippen molar-refractivity contribution in [1.82, 2.24) is 9.97 Å². The summed E-state index contributed by atoms with van der Waals surface area (Å²) >= 11 is 0. The van der Waals surface area contributed by atoms with E-state index in [-0.39, 0.29) is 11.5 Å². The summed E-state index contributed by atoms with van der Waals surface area (Å²) in [7, 11) is 0. The smallest absolute Gasteiger partial charge is 0.224 e. The Morgan fingerprint density at radius 1 is 1.33 bits per heavy atom. The normalized spacial score (nSPS) is 13.2. The van der Waals surface area contributed by atoms with Gasteiger partial charge in [0.25, 0.3) is 0 Å². The summed E-state index contributed by atoms with van der Waals surface area (Å²) in [5.74, 6) is 1.33. The van der Waals surface area contributed by atoms with E-state index >= 15 is 0 Å². The van der Waals surface area contributed by atoms with Crippen LogP contribution in [0.5, 0.6) is 0 Å². The van der Waals surface area contributed by atoms with E-state index in [0.717, 1.165) is 18.8 Å². The van der Waals surface area contributed by atoms with Gasteiger partial charge in [-0.1, -0.05) is 20.8 Å². The molecule has 0 aliphatic heterocycles. The highest BCUT2D eigenvalue weighted by Gasteiger charge is 2.16. The minimum Gasteiger partial charge on any atom is -0.391 e. The molecule has 0 saturated heterocycles. The zero-order valence-electron chi connectivity index (χ0n) is 11.7. The molecule has 0 bridgehead atoms. The maximum atomic E-state index is 9.90. The van der Waals surface area contributed by atoms with Crippen LogP contribution in [0, 0.1) is 5.41 Å². The van der Waals surface area contributed by atoms with Gasteiger partial charge in [0, 0.05) is 19.3 Å². The van der Waals surface area contributed by atoms with Crippen LogP contribution in [0.3, 0.4) is 0 Å². The van der Waals surface area contributed by atoms with Gasteiger partial charge >= 0.3 is 0 Å². The number of hydrogen-bond acceptors (Lipinski definition) is 5. The molecule has 0 aliphatic carbocycles. The lowest BCUT2D eigenvalue weighted by atomic mass is 9.89. The van der Waals surface area contributed by atoms with Crippen molar-refractivity contribution in [2.75, 3.05) is 23.7 Å². The van der Waals surface area contributed by atoms with E-state index in [4.69, 9.17) is 0 Å². The van der Waals surface area contributed by atoms with Gasteiger partial charge in [-0.15, -0.1) is 0 Å². The summed E-state index contributed by atoms with van der Waals surface area (Å²) in [4.78, 5) is 8.38. The van der Waals surface area contributed by atoms with Crippen molar-refractivity contribution < 1.29 is 5.11 Å². The van der Waals surface area contributed by atoms with E-state index in [2.05, 4.69) is 41.4 Å². The summed E-state index contributed by atoms with van der Waals surface area (Å²) in [5, 5.41) is 16.1. The van der Waals surface area contributed by atoms with Crippen LogP contribution < -0.4 is 10.6 Å². The molecule has 0 spiro atoms. The first kappa shape index (κ1) is 14.7. The van der Waals surface area contributed by atoms with E-state index in [9.17, 15) is 5.11 Å². The monoisotopic (exact) mass is 252 g/mol. The SMILES string of the molecule is CCNc1nccc(NCC(O)CC(C)(C)C)n1. The quantitative estimate of drug-likeness (QED) is 0.723. The minimum absolute atomic E-state index is 0.127. The average molecular weight is 252 g/mol. The van der Waals surface area contributed by atoms with E-state index in [1.807, 2.05) is 6.92 Å². The van der Waals surface area contributed by atoms with Gasteiger partial charge < -0.3 is 15.7 Å². The van der Waals surface area contributed by atoms with E-state index < -0.39 is 0 Å². The summed E-state index contributed by atoms with van der Waals surface area (Å²) in [6.45, 7) is 9.63. The standard InChI is InChI=1S/C13H24N4O/c1-5-14-12-15-7-6-11(17-12)16-9-10(18)8-13(2,3)4/h6-7,10,18H,5,8-9H2,1-4H3,(H2,14,15,16,17). The molecule has 0 amide bonds. The molecular weight excluding hydrogens is 228 g/mol. The molecule has 0 aliphatic rings. The molecule has 1 aromatic heterocycles. The Bertz CT molecular complexity index is 362. The lowest BCUT2D eigenvalue weighted by Gasteiger charge is -2.22. The Morgan fingerprint density at radius 2 is 2.06 bits per heavy atom. The van der Waals surface area contributed by atoms with Gasteiger partial charge in [-0.05, 0) is 24.8 Å². The van der Waals surface area contributed by atoms with Gasteiger partial charge in [0.1, 0.15) is 5.82 Å². The number of anilines is 2. The maximum absolute atomic E-state index is 9.90. The third kappa shape index (κ3) is 5.82. The van der Waals surface area contributed by atoms with Gasteiger partial charge in [-0.2, -0.15) is 4.98 Å². The van der Waals surface area contributed by atoms with Crippen molar-refractivity contribution in [2.24, 2.45) is 5.41 Å². The minimum atomic E-state index is -0.373. The van der Waals surface area contributed by atoms with Gasteiger partial charge in [0.05, 0.1) is 6.10 Å². The molecule has 3 N–H and O–H groups in total. The summed E-state index contributed by atoms with van der Waals surface area (Å²) < 4.78 is 0. The third-order valence-corrected chi connectivity index (χ3v) is 2.36. The Kier molecular flexibility index (Phi) is 5.34. The van der Waals surface area contributed by atoms with Crippen molar-refractivity contribution in [3.8, 4) is 0 Å². The molecule has 1 rings (SSSR count). The Balaban J connectivity index is 2.45. The fraction of sp³-hybridized carbons (Fsp3) is 0.692. The van der Waals surface area contributed by atoms with Crippen LogP contribution in [0.15, 0.2) is 12.3 Å². The molecule has 0 fully saturated rings. The van der Waals surface area contributed by atoms with Crippen molar-refractivity contribution >= 4 is 11.8 Å². The molecule has 1 aromatic rings. The zero-order chi connectivity index (χ0) is 13.6. The van der Waals surface area contributed by atoms with Gasteiger partial charge in [-0.3, -0.25) is 0 Å². The Hall–Kier alpha value is -1.36. The largest absolute Gasteiger partial charge is 0.391 e. The number of rotatable bonds is 6. The molecule has 1 atom stereocenters. The Labute approximate surface area is 109 Å². The van der Waals surface area contributed by atoms with Crippen LogP contribution in [0.1, 0.15) is 34.1 Å². The summed E-state index contributed by atoms with van der Waals surface area (Å²) in [5.41, 5.74) is 0.127. The second-order valence-corrected chi connectivity index (χ2v) is 5.60. The van der Waals surface area contributed by atoms with Crippen molar-refractivity contribution in [2.45, 2.75) is 40.2 Å². The van der Waals surface area contributed by atoms with Crippen LogP contribution in [0.2, 0.25) is 0 Å². The van der Waals surface area contributed by atoms with E-state index in [0.29, 0.717) is 12.5 Å². The topological polar surface area (TPSA) is 70.1 Å². The predicted molar refractivity (Wildman–Crippen MR) is 74.8 cm³/mol. The number of aromatic nitrogens is 2. The van der Waals surface area contributed by atoms with Crippen molar-refractivity contribution in [3.05, 3.63) is 12.3 Å². The number of nitrogens with one attached hydrogen (secondary N) is 2. The van der Waals surface area contributed by atoms with Crippen molar-refractivity contribution in [1.29, 1.82) is 0 Å². The van der Waals surface area contributed by atoms with Gasteiger partial charge in [0.2, 0.25) is 5.95 Å². The first-order chi connectivity index (χ1) is 8.40. The average Bonchev–Trinajstić information content (AvgIpc) is 2.25. The first-order valence-electron chi connectivity index (χ1n) is 6.39. The molecule has 1 unspecified atom stereocenters. The van der Waals surface area contributed by atoms with Crippen LogP contribution in [-0.4, -0.2) is 34.3 Å². The van der Waals surface area contributed by atoms with E-state index in [1.54, 1.807) is 12.3 Å². The third-order valence-electron chi connectivity index (χ3n) is 2.36. The number of hydrogen-bond donors (Lipinski definition) is 3. The number of aliphatic hydroxyl groups excluding tert-OH is 1. The zero-order valence-corrected chi connectivity index (χ0v) is 11.7. The highest BCUT2D eigenvalue weighted by molar-refractivity contribution is 5.39. The number of aliphatic hydroxyl groups is 1. The van der Waals surface area contributed by atoms with Gasteiger partial charge in [-0.25, -0.2) is 4.98 Å². The predicted octanol–water partition coefficient (Wildman–Crippen LogP) is 2.12. The first-order valence-corrected chi connectivity index (χ1v) is 6.39. The van der Waals surface area contributed by atoms with E-state index in [1.165, 1.54) is 0 Å². The lowest BCUT2D eigenvalue weighted by molar-refractivity contribution is 0.132. The molecule has 0 aromatic carbocycles. The molecule has 5 nitrogen and oxygen atoms in total. The van der Waals surface area contributed by atoms with Crippen LogP contribution in [0.25, 0.3) is 0 Å². The van der Waals surface area contributed by atoms with Gasteiger partial charge in [0.15, 0.2) is 0 Å². The second-order valence-electron chi connectivity index (χ2n) is 5.60. The maximum Gasteiger partial charge on any atom is 0.224 e. The molecular formula is C13H24N4O. The fourth-order valence-electron chi connectivity index (χ4n) is 1.70. The molecule has 102 valence electrons. The van der Waals surface area contributed by atoms with Crippen molar-refractivity contribution in [3.63, 3.8) is 0 Å². The lowest BCUT2D eigenvalue weighted by Crippen LogP contribution is -2.25. The summed E-state index contributed by atoms with van der Waals surface area (Å²) in [6, 6.07) is 1.80. The van der Waals surface area contributed by atoms with Crippen LogP contribution >= 0.6 is 0 Å². The highest BCUT2D eigenvalue weighted by Crippen LogP contribution is 2.20. The molecule has 0 radical (unpaired) electrons. The second kappa shape index (κ2) is 6.54. The Morgan fingerprint density at radius 3 is 2.67 bits per heavy atom. The molecule has 1 heterocycles. The molecule has 0 saturated carbocycles. The molecule has 5 heteroatoms. The summed E-state index contributed by atoms with van der Waals surface area (Å²) in [6.07, 6.45) is 2.08.